The minimum atomic E-state index is -0.541. The number of anilines is 1. The third-order valence-corrected chi connectivity index (χ3v) is 5.81. The molecule has 0 bridgehead atoms. The number of aromatic nitrogens is 4. The van der Waals surface area contributed by atoms with Gasteiger partial charge in [0.25, 0.3) is 5.91 Å². The van der Waals surface area contributed by atoms with Gasteiger partial charge in [-0.25, -0.2) is 4.39 Å². The van der Waals surface area contributed by atoms with E-state index in [1.807, 2.05) is 6.92 Å². The van der Waals surface area contributed by atoms with Crippen LogP contribution in [0.2, 0.25) is 0 Å². The third kappa shape index (κ3) is 3.89. The van der Waals surface area contributed by atoms with Crippen LogP contribution < -0.4 is 5.32 Å². The molecular weight excluding hydrogens is 397 g/mol. The molecule has 162 valence electrons. The number of halogens is 1. The molecule has 3 aromatic rings. The Hall–Kier alpha value is -3.29. The highest BCUT2D eigenvalue weighted by molar-refractivity contribution is 6.08. The Bertz CT molecular complexity index is 1160. The van der Waals surface area contributed by atoms with E-state index in [0.29, 0.717) is 34.6 Å². The van der Waals surface area contributed by atoms with Gasteiger partial charge in [0.1, 0.15) is 17.3 Å². The number of Topliss-reactive ketones (excluding diaryl/α,β-unsaturated/α-hetero) is 1. The van der Waals surface area contributed by atoms with E-state index in [0.717, 1.165) is 38.1 Å². The van der Waals surface area contributed by atoms with Crippen LogP contribution >= 0.6 is 0 Å². The molecule has 8 heteroatoms. The molecule has 0 radical (unpaired) electrons. The lowest BCUT2D eigenvalue weighted by atomic mass is 10.0. The van der Waals surface area contributed by atoms with E-state index >= 15 is 0 Å². The molecule has 1 aliphatic heterocycles. The predicted octanol–water partition coefficient (Wildman–Crippen LogP) is 4.46. The van der Waals surface area contributed by atoms with Gasteiger partial charge in [-0.2, -0.15) is 0 Å². The molecule has 0 atom stereocenters. The van der Waals surface area contributed by atoms with E-state index < -0.39 is 11.7 Å². The van der Waals surface area contributed by atoms with Gasteiger partial charge in [0.05, 0.1) is 5.69 Å². The van der Waals surface area contributed by atoms with Gasteiger partial charge in [-0.3, -0.25) is 9.59 Å². The number of hydrogen-bond donors (Lipinski definition) is 2. The van der Waals surface area contributed by atoms with Crippen molar-refractivity contribution in [1.29, 1.82) is 0 Å². The number of carbonyl (C=O) groups is 2. The summed E-state index contributed by atoms with van der Waals surface area (Å²) >= 11 is 0. The van der Waals surface area contributed by atoms with E-state index in [1.165, 1.54) is 13.0 Å². The number of carbonyl (C=O) groups excluding carboxylic acids is 2. The van der Waals surface area contributed by atoms with Crippen LogP contribution in [-0.2, 0) is 19.4 Å². The second kappa shape index (κ2) is 8.45. The fourth-order valence-electron chi connectivity index (χ4n) is 4.34. The molecule has 0 aliphatic carbocycles. The van der Waals surface area contributed by atoms with Crippen molar-refractivity contribution >= 4 is 17.4 Å². The maximum atomic E-state index is 14.6. The smallest absolute Gasteiger partial charge is 0.272 e. The monoisotopic (exact) mass is 423 g/mol. The largest absolute Gasteiger partial charge is 0.354 e. The summed E-state index contributed by atoms with van der Waals surface area (Å²) in [6.07, 6.45) is 4.66. The molecule has 0 spiro atoms. The lowest BCUT2D eigenvalue weighted by Gasteiger charge is -2.11. The zero-order valence-corrected chi connectivity index (χ0v) is 18.0. The Morgan fingerprint density at radius 3 is 2.77 bits per heavy atom. The summed E-state index contributed by atoms with van der Waals surface area (Å²) in [5.74, 6) is 0.486. The second-order valence-electron chi connectivity index (χ2n) is 7.94. The first kappa shape index (κ1) is 21.0. The highest BCUT2D eigenvalue weighted by Gasteiger charge is 2.23. The van der Waals surface area contributed by atoms with E-state index in [4.69, 9.17) is 0 Å². The highest BCUT2D eigenvalue weighted by atomic mass is 19.1. The second-order valence-corrected chi connectivity index (χ2v) is 7.94. The lowest BCUT2D eigenvalue weighted by Crippen LogP contribution is -2.16. The van der Waals surface area contributed by atoms with Crippen molar-refractivity contribution < 1.29 is 14.0 Å². The highest BCUT2D eigenvalue weighted by Crippen LogP contribution is 2.28. The number of hydrogen-bond acceptors (Lipinski definition) is 4. The van der Waals surface area contributed by atoms with E-state index in [2.05, 4.69) is 25.1 Å². The number of aryl methyl sites for hydroxylation is 2. The molecule has 2 aromatic heterocycles. The molecule has 0 saturated carbocycles. The molecule has 1 amide bonds. The minimum Gasteiger partial charge on any atom is -0.354 e. The average Bonchev–Trinajstić information content (AvgIpc) is 3.21. The summed E-state index contributed by atoms with van der Waals surface area (Å²) in [6, 6.07) is 4.56. The Kier molecular flexibility index (Phi) is 5.71. The molecule has 4 rings (SSSR count). The van der Waals surface area contributed by atoms with Gasteiger partial charge in [-0.1, -0.05) is 13.3 Å². The Morgan fingerprint density at radius 2 is 2.03 bits per heavy atom. The Balaban J connectivity index is 1.67. The summed E-state index contributed by atoms with van der Waals surface area (Å²) in [4.78, 5) is 27.9. The van der Waals surface area contributed by atoms with E-state index in [-0.39, 0.29) is 17.2 Å². The topological polar surface area (TPSA) is 92.7 Å². The van der Waals surface area contributed by atoms with Crippen LogP contribution in [0.15, 0.2) is 18.2 Å². The maximum Gasteiger partial charge on any atom is 0.272 e. The summed E-state index contributed by atoms with van der Waals surface area (Å²) in [7, 11) is 0. The van der Waals surface area contributed by atoms with Gasteiger partial charge < -0.3 is 14.9 Å². The van der Waals surface area contributed by atoms with Crippen LogP contribution in [0.1, 0.15) is 71.0 Å². The number of amides is 1. The average molecular weight is 423 g/mol. The zero-order chi connectivity index (χ0) is 22.1. The molecule has 7 nitrogen and oxygen atoms in total. The van der Waals surface area contributed by atoms with Gasteiger partial charge in [0, 0.05) is 29.8 Å². The van der Waals surface area contributed by atoms with Crippen molar-refractivity contribution in [1.82, 2.24) is 19.7 Å². The van der Waals surface area contributed by atoms with E-state index in [9.17, 15) is 14.0 Å². The molecule has 31 heavy (non-hydrogen) atoms. The fourth-order valence-corrected chi connectivity index (χ4v) is 4.34. The van der Waals surface area contributed by atoms with Gasteiger partial charge >= 0.3 is 0 Å². The number of fused-ring (bicyclic) bond motifs is 1. The Labute approximate surface area is 180 Å². The molecule has 1 aliphatic rings. The van der Waals surface area contributed by atoms with Crippen molar-refractivity contribution in [3.63, 3.8) is 0 Å². The SMILES string of the molecule is CCc1c(C(=O)Nc2cc(-c3nnc4n3CCCCC4)ccc2F)[nH]c(C)c1C(C)=O. The van der Waals surface area contributed by atoms with Crippen molar-refractivity contribution in [2.45, 2.75) is 59.4 Å². The van der Waals surface area contributed by atoms with Crippen LogP contribution in [0, 0.1) is 12.7 Å². The van der Waals surface area contributed by atoms with Crippen LogP contribution in [0.3, 0.4) is 0 Å². The normalized spacial score (nSPS) is 13.5. The first-order valence-electron chi connectivity index (χ1n) is 10.7. The van der Waals surface area contributed by atoms with E-state index in [1.54, 1.807) is 19.1 Å². The molecule has 0 saturated heterocycles. The number of nitrogens with one attached hydrogen (secondary N) is 2. The summed E-state index contributed by atoms with van der Waals surface area (Å²) < 4.78 is 16.6. The maximum absolute atomic E-state index is 14.6. The number of benzene rings is 1. The zero-order valence-electron chi connectivity index (χ0n) is 18.0. The quantitative estimate of drug-likeness (QED) is 0.593. The molecular formula is C23H26FN5O2. The van der Waals surface area contributed by atoms with Crippen LogP contribution in [-0.4, -0.2) is 31.4 Å². The molecule has 2 N–H and O–H groups in total. The summed E-state index contributed by atoms with van der Waals surface area (Å²) in [5.41, 5.74) is 2.84. The predicted molar refractivity (Wildman–Crippen MR) is 116 cm³/mol. The minimum absolute atomic E-state index is 0.0622. The lowest BCUT2D eigenvalue weighted by molar-refractivity contribution is 0.101. The van der Waals surface area contributed by atoms with Crippen molar-refractivity contribution in [3.8, 4) is 11.4 Å². The van der Waals surface area contributed by atoms with Gasteiger partial charge in [-0.05, 0) is 56.9 Å². The van der Waals surface area contributed by atoms with Gasteiger partial charge in [-0.15, -0.1) is 10.2 Å². The van der Waals surface area contributed by atoms with Crippen molar-refractivity contribution in [3.05, 3.63) is 52.4 Å². The number of aromatic amines is 1. The molecule has 3 heterocycles. The summed E-state index contributed by atoms with van der Waals surface area (Å²) in [5, 5.41) is 11.3. The first-order chi connectivity index (χ1) is 14.9. The van der Waals surface area contributed by atoms with Crippen molar-refractivity contribution in [2.75, 3.05) is 5.32 Å². The van der Waals surface area contributed by atoms with Crippen molar-refractivity contribution in [2.24, 2.45) is 0 Å². The molecule has 0 unspecified atom stereocenters. The van der Waals surface area contributed by atoms with Gasteiger partial charge in [0.15, 0.2) is 11.6 Å². The standard InChI is InChI=1S/C23H26FN5O2/c1-4-16-20(14(3)30)13(2)25-21(16)23(31)26-18-12-15(9-10-17(18)24)22-28-27-19-8-6-5-7-11-29(19)22/h9-10,12,25H,4-8,11H2,1-3H3,(H,26,31). The molecule has 1 aromatic carbocycles. The number of H-pyrrole nitrogens is 1. The molecule has 0 fully saturated rings. The van der Waals surface area contributed by atoms with Crippen LogP contribution in [0.25, 0.3) is 11.4 Å². The first-order valence-corrected chi connectivity index (χ1v) is 10.7. The number of rotatable bonds is 5. The fraction of sp³-hybridized carbons (Fsp3) is 0.391. The number of nitrogens with zero attached hydrogens (tertiary/aromatic N) is 3. The van der Waals surface area contributed by atoms with Crippen LogP contribution in [0.5, 0.6) is 0 Å². The van der Waals surface area contributed by atoms with Gasteiger partial charge in [0.2, 0.25) is 0 Å². The number of ketones is 1. The third-order valence-electron chi connectivity index (χ3n) is 5.81. The summed E-state index contributed by atoms with van der Waals surface area (Å²) in [6.45, 7) is 5.93. The van der Waals surface area contributed by atoms with Crippen LogP contribution in [0.4, 0.5) is 10.1 Å². The Morgan fingerprint density at radius 1 is 1.23 bits per heavy atom.